The van der Waals surface area contributed by atoms with Gasteiger partial charge >= 0.3 is 6.03 Å². The topological polar surface area (TPSA) is 94.1 Å². The molecule has 0 radical (unpaired) electrons. The van der Waals surface area contributed by atoms with Gasteiger partial charge in [0.05, 0.1) is 0 Å². The fourth-order valence-corrected chi connectivity index (χ4v) is 2.14. The first-order chi connectivity index (χ1) is 9.12. The van der Waals surface area contributed by atoms with Crippen LogP contribution in [0.4, 0.5) is 4.79 Å². The molecule has 8 heteroatoms. The van der Waals surface area contributed by atoms with E-state index >= 15 is 0 Å². The second-order valence-electron chi connectivity index (χ2n) is 5.62. The molecule has 0 saturated heterocycles. The maximum Gasteiger partial charge on any atom is 0.346 e. The molecule has 1 heterocycles. The van der Waals surface area contributed by atoms with E-state index in [2.05, 4.69) is 10.1 Å². The Bertz CT molecular complexity index is 504. The van der Waals surface area contributed by atoms with Crippen LogP contribution in [0.1, 0.15) is 33.0 Å². The van der Waals surface area contributed by atoms with Crippen molar-refractivity contribution < 1.29 is 9.59 Å². The van der Waals surface area contributed by atoms with Crippen LogP contribution < -0.4 is 5.73 Å². The van der Waals surface area contributed by atoms with Crippen molar-refractivity contribution in [1.82, 2.24) is 19.7 Å². The predicted molar refractivity (Wildman–Crippen MR) is 77.7 cm³/mol. The van der Waals surface area contributed by atoms with E-state index in [1.54, 1.807) is 14.1 Å². The molecule has 0 unspecified atom stereocenters. The molecular formula is C12H21N5O2S. The van der Waals surface area contributed by atoms with E-state index in [1.165, 1.54) is 21.3 Å². The SMILES string of the molecule is CN(C)C(=O)n1nc(C(C)(C)C)nc1SCCC(N)=O. The summed E-state index contributed by atoms with van der Waals surface area (Å²) >= 11 is 1.30. The number of carbonyl (C=O) groups is 2. The zero-order chi connectivity index (χ0) is 15.5. The normalized spacial score (nSPS) is 11.4. The molecule has 0 aliphatic rings. The molecule has 0 saturated carbocycles. The van der Waals surface area contributed by atoms with Crippen LogP contribution in [0.3, 0.4) is 0 Å². The van der Waals surface area contributed by atoms with Crippen molar-refractivity contribution in [3.63, 3.8) is 0 Å². The molecule has 7 nitrogen and oxygen atoms in total. The zero-order valence-corrected chi connectivity index (χ0v) is 13.3. The highest BCUT2D eigenvalue weighted by Gasteiger charge is 2.25. The van der Waals surface area contributed by atoms with Gasteiger partial charge in [-0.2, -0.15) is 4.68 Å². The number of nitrogens with two attached hydrogens (primary N) is 1. The van der Waals surface area contributed by atoms with Crippen LogP contribution in [0.25, 0.3) is 0 Å². The lowest BCUT2D eigenvalue weighted by Gasteiger charge is -2.13. The second-order valence-corrected chi connectivity index (χ2v) is 6.68. The summed E-state index contributed by atoms with van der Waals surface area (Å²) in [4.78, 5) is 28.7. The van der Waals surface area contributed by atoms with Crippen molar-refractivity contribution in [3.05, 3.63) is 5.82 Å². The minimum Gasteiger partial charge on any atom is -0.370 e. The van der Waals surface area contributed by atoms with E-state index in [9.17, 15) is 9.59 Å². The van der Waals surface area contributed by atoms with Crippen molar-refractivity contribution in [3.8, 4) is 0 Å². The molecule has 0 fully saturated rings. The molecule has 2 amide bonds. The Hall–Kier alpha value is -1.57. The molecule has 20 heavy (non-hydrogen) atoms. The fraction of sp³-hybridized carbons (Fsp3) is 0.667. The Morgan fingerprint density at radius 3 is 2.40 bits per heavy atom. The lowest BCUT2D eigenvalue weighted by Crippen LogP contribution is -2.29. The number of rotatable bonds is 4. The Labute approximate surface area is 122 Å². The van der Waals surface area contributed by atoms with Gasteiger partial charge in [-0.1, -0.05) is 32.5 Å². The number of hydrogen-bond donors (Lipinski definition) is 1. The highest BCUT2D eigenvalue weighted by molar-refractivity contribution is 7.99. The molecule has 0 aliphatic heterocycles. The first-order valence-electron chi connectivity index (χ1n) is 6.23. The van der Waals surface area contributed by atoms with Crippen molar-refractivity contribution in [2.24, 2.45) is 5.73 Å². The van der Waals surface area contributed by atoms with Gasteiger partial charge in [0.2, 0.25) is 5.91 Å². The van der Waals surface area contributed by atoms with Gasteiger partial charge < -0.3 is 10.6 Å². The summed E-state index contributed by atoms with van der Waals surface area (Å²) in [6.07, 6.45) is 0.235. The predicted octanol–water partition coefficient (Wildman–Crippen LogP) is 1.07. The Kier molecular flexibility index (Phi) is 5.15. The van der Waals surface area contributed by atoms with Crippen molar-refractivity contribution in [2.45, 2.75) is 37.8 Å². The standard InChI is InChI=1S/C12H21N5O2S/c1-12(2,3)9-14-10(20-7-6-8(13)18)17(15-9)11(19)16(4)5/h6-7H2,1-5H3,(H2,13,18). The minimum atomic E-state index is -0.376. The zero-order valence-electron chi connectivity index (χ0n) is 12.5. The average molecular weight is 299 g/mol. The number of aromatic nitrogens is 3. The second kappa shape index (κ2) is 6.25. The Morgan fingerprint density at radius 1 is 1.35 bits per heavy atom. The highest BCUT2D eigenvalue weighted by atomic mass is 32.2. The largest absolute Gasteiger partial charge is 0.370 e. The summed E-state index contributed by atoms with van der Waals surface area (Å²) in [5.74, 6) is 0.686. The molecule has 0 aromatic carbocycles. The quantitative estimate of drug-likeness (QED) is 0.839. The van der Waals surface area contributed by atoms with E-state index in [1.807, 2.05) is 20.8 Å². The van der Waals surface area contributed by atoms with Gasteiger partial charge in [-0.05, 0) is 0 Å². The number of amides is 2. The van der Waals surface area contributed by atoms with Crippen LogP contribution >= 0.6 is 11.8 Å². The lowest BCUT2D eigenvalue weighted by molar-refractivity contribution is -0.117. The molecule has 0 atom stereocenters. The van der Waals surface area contributed by atoms with Crippen LogP contribution in [0.15, 0.2) is 5.16 Å². The lowest BCUT2D eigenvalue weighted by atomic mass is 9.96. The van der Waals surface area contributed by atoms with Crippen molar-refractivity contribution in [2.75, 3.05) is 19.8 Å². The number of thioether (sulfide) groups is 1. The van der Waals surface area contributed by atoms with Gasteiger partial charge in [0.1, 0.15) is 0 Å². The molecule has 0 aliphatic carbocycles. The number of carbonyl (C=O) groups excluding carboxylic acids is 2. The van der Waals surface area contributed by atoms with E-state index < -0.39 is 0 Å². The number of hydrogen-bond acceptors (Lipinski definition) is 5. The van der Waals surface area contributed by atoms with E-state index in [0.29, 0.717) is 16.7 Å². The van der Waals surface area contributed by atoms with E-state index in [0.717, 1.165) is 0 Å². The highest BCUT2D eigenvalue weighted by Crippen LogP contribution is 2.23. The monoisotopic (exact) mass is 299 g/mol. The smallest absolute Gasteiger partial charge is 0.346 e. The van der Waals surface area contributed by atoms with Gasteiger partial charge in [-0.15, -0.1) is 5.10 Å². The average Bonchev–Trinajstić information content (AvgIpc) is 2.71. The molecule has 0 bridgehead atoms. The fourth-order valence-electron chi connectivity index (χ4n) is 1.27. The third-order valence-electron chi connectivity index (χ3n) is 2.39. The van der Waals surface area contributed by atoms with Gasteiger partial charge in [-0.3, -0.25) is 4.79 Å². The molecule has 112 valence electrons. The van der Waals surface area contributed by atoms with Crippen molar-refractivity contribution >= 4 is 23.7 Å². The Balaban J connectivity index is 3.03. The Morgan fingerprint density at radius 2 is 1.95 bits per heavy atom. The van der Waals surface area contributed by atoms with E-state index in [4.69, 9.17) is 5.73 Å². The maximum atomic E-state index is 12.1. The van der Waals surface area contributed by atoms with Crippen LogP contribution in [-0.2, 0) is 10.2 Å². The summed E-state index contributed by atoms with van der Waals surface area (Å²) in [5.41, 5.74) is 4.85. The van der Waals surface area contributed by atoms with Gasteiger partial charge in [0.15, 0.2) is 11.0 Å². The summed E-state index contributed by atoms with van der Waals surface area (Å²) in [6, 6.07) is -0.269. The van der Waals surface area contributed by atoms with Crippen LogP contribution in [0, 0.1) is 0 Å². The summed E-state index contributed by atoms with van der Waals surface area (Å²) < 4.78 is 1.27. The summed E-state index contributed by atoms with van der Waals surface area (Å²) in [6.45, 7) is 5.93. The van der Waals surface area contributed by atoms with Gasteiger partial charge in [0, 0.05) is 31.7 Å². The number of primary amides is 1. The third kappa shape index (κ3) is 4.22. The number of nitrogens with zero attached hydrogens (tertiary/aromatic N) is 4. The van der Waals surface area contributed by atoms with Crippen LogP contribution in [0.2, 0.25) is 0 Å². The third-order valence-corrected chi connectivity index (χ3v) is 3.32. The van der Waals surface area contributed by atoms with Gasteiger partial charge in [0.25, 0.3) is 0 Å². The summed E-state index contributed by atoms with van der Waals surface area (Å²) in [5, 5.41) is 4.76. The minimum absolute atomic E-state index is 0.235. The van der Waals surface area contributed by atoms with Gasteiger partial charge in [-0.25, -0.2) is 9.78 Å². The van der Waals surface area contributed by atoms with Crippen LogP contribution in [-0.4, -0.2) is 51.5 Å². The maximum absolute atomic E-state index is 12.1. The first-order valence-corrected chi connectivity index (χ1v) is 7.21. The van der Waals surface area contributed by atoms with Crippen molar-refractivity contribution in [1.29, 1.82) is 0 Å². The molecule has 2 N–H and O–H groups in total. The molecular weight excluding hydrogens is 278 g/mol. The molecule has 1 rings (SSSR count). The molecule has 0 spiro atoms. The molecule has 1 aromatic heterocycles. The molecule has 1 aromatic rings. The first kappa shape index (κ1) is 16.5. The summed E-state index contributed by atoms with van der Waals surface area (Å²) in [7, 11) is 3.30. The van der Waals surface area contributed by atoms with Crippen LogP contribution in [0.5, 0.6) is 0 Å². The van der Waals surface area contributed by atoms with E-state index in [-0.39, 0.29) is 23.8 Å².